The van der Waals surface area contributed by atoms with Gasteiger partial charge in [-0.3, -0.25) is 4.79 Å². The summed E-state index contributed by atoms with van der Waals surface area (Å²) >= 11 is 6.25. The molecule has 5 heteroatoms. The Morgan fingerprint density at radius 3 is 2.55 bits per heavy atom. The molecule has 0 aliphatic rings. The molecule has 0 amide bonds. The Labute approximate surface area is 121 Å². The SMILES string of the molecule is Cc1ccc2c(=O)c3ccc(Cl)c(N(C)C)c3[nH]c2n1. The third kappa shape index (κ3) is 1.84. The fourth-order valence-electron chi connectivity index (χ4n) is 2.42. The summed E-state index contributed by atoms with van der Waals surface area (Å²) in [5, 5.41) is 1.82. The molecular weight excluding hydrogens is 274 g/mol. The van der Waals surface area contributed by atoms with Crippen molar-refractivity contribution in [1.82, 2.24) is 9.97 Å². The van der Waals surface area contributed by atoms with Crippen molar-refractivity contribution < 1.29 is 0 Å². The van der Waals surface area contributed by atoms with E-state index in [4.69, 9.17) is 11.6 Å². The number of benzene rings is 1. The summed E-state index contributed by atoms with van der Waals surface area (Å²) in [7, 11) is 3.79. The molecule has 0 aliphatic carbocycles. The average molecular weight is 288 g/mol. The van der Waals surface area contributed by atoms with E-state index in [1.807, 2.05) is 32.0 Å². The quantitative estimate of drug-likeness (QED) is 0.700. The van der Waals surface area contributed by atoms with Crippen LogP contribution in [0.25, 0.3) is 21.9 Å². The van der Waals surface area contributed by atoms with Crippen molar-refractivity contribution in [3.05, 3.63) is 45.2 Å². The second-order valence-corrected chi connectivity index (χ2v) is 5.42. The van der Waals surface area contributed by atoms with Gasteiger partial charge in [-0.25, -0.2) is 4.98 Å². The number of anilines is 1. The number of pyridine rings is 2. The number of aromatic amines is 1. The highest BCUT2D eigenvalue weighted by Gasteiger charge is 2.13. The predicted octanol–water partition coefficient (Wildman–Crippen LogP) is 3.10. The number of rotatable bonds is 1. The van der Waals surface area contributed by atoms with Crippen LogP contribution in [0.3, 0.4) is 0 Å². The van der Waals surface area contributed by atoms with Gasteiger partial charge in [0, 0.05) is 25.2 Å². The maximum atomic E-state index is 12.6. The van der Waals surface area contributed by atoms with Crippen molar-refractivity contribution in [2.75, 3.05) is 19.0 Å². The van der Waals surface area contributed by atoms with Gasteiger partial charge in [0.1, 0.15) is 5.65 Å². The lowest BCUT2D eigenvalue weighted by Gasteiger charge is -2.17. The van der Waals surface area contributed by atoms with Crippen LogP contribution in [0.15, 0.2) is 29.1 Å². The van der Waals surface area contributed by atoms with Gasteiger partial charge in [0.25, 0.3) is 0 Å². The van der Waals surface area contributed by atoms with Crippen LogP contribution >= 0.6 is 11.6 Å². The van der Waals surface area contributed by atoms with Crippen molar-refractivity contribution in [1.29, 1.82) is 0 Å². The van der Waals surface area contributed by atoms with Gasteiger partial charge in [-0.15, -0.1) is 0 Å². The first-order chi connectivity index (χ1) is 9.49. The maximum absolute atomic E-state index is 12.6. The molecule has 0 saturated carbocycles. The Kier molecular flexibility index (Phi) is 2.91. The number of fused-ring (bicyclic) bond motifs is 2. The number of aromatic nitrogens is 2. The molecule has 4 nitrogen and oxygen atoms in total. The summed E-state index contributed by atoms with van der Waals surface area (Å²) in [6.45, 7) is 1.90. The number of nitrogens with zero attached hydrogens (tertiary/aromatic N) is 2. The molecule has 1 N–H and O–H groups in total. The molecule has 20 heavy (non-hydrogen) atoms. The molecular formula is C15H14ClN3O. The number of H-pyrrole nitrogens is 1. The van der Waals surface area contributed by atoms with E-state index in [1.165, 1.54) is 0 Å². The fraction of sp³-hybridized carbons (Fsp3) is 0.200. The smallest absolute Gasteiger partial charge is 0.198 e. The number of aryl methyl sites for hydroxylation is 1. The first-order valence-corrected chi connectivity index (χ1v) is 6.66. The minimum atomic E-state index is -0.0268. The van der Waals surface area contributed by atoms with Gasteiger partial charge in [0.15, 0.2) is 5.43 Å². The molecule has 0 spiro atoms. The van der Waals surface area contributed by atoms with Gasteiger partial charge in [0.05, 0.1) is 21.6 Å². The second kappa shape index (κ2) is 4.49. The Morgan fingerprint density at radius 2 is 1.85 bits per heavy atom. The van der Waals surface area contributed by atoms with Crippen molar-refractivity contribution in [2.45, 2.75) is 6.92 Å². The topological polar surface area (TPSA) is 49.0 Å². The molecule has 2 aromatic heterocycles. The van der Waals surface area contributed by atoms with E-state index >= 15 is 0 Å². The van der Waals surface area contributed by atoms with Crippen LogP contribution in [0.4, 0.5) is 5.69 Å². The predicted molar refractivity (Wildman–Crippen MR) is 83.9 cm³/mol. The van der Waals surface area contributed by atoms with Gasteiger partial charge < -0.3 is 9.88 Å². The third-order valence-corrected chi connectivity index (χ3v) is 3.65. The van der Waals surface area contributed by atoms with E-state index in [0.717, 1.165) is 16.9 Å². The summed E-state index contributed by atoms with van der Waals surface area (Å²) in [6, 6.07) is 7.15. The Bertz CT molecular complexity index is 884. The maximum Gasteiger partial charge on any atom is 0.198 e. The molecule has 0 bridgehead atoms. The van der Waals surface area contributed by atoms with Crippen LogP contribution in [-0.4, -0.2) is 24.1 Å². The van der Waals surface area contributed by atoms with Gasteiger partial charge in [-0.1, -0.05) is 11.6 Å². The number of halogens is 1. The third-order valence-electron chi connectivity index (χ3n) is 3.34. The lowest BCUT2D eigenvalue weighted by molar-refractivity contribution is 1.13. The largest absolute Gasteiger partial charge is 0.375 e. The van der Waals surface area contributed by atoms with Crippen LogP contribution in [-0.2, 0) is 0 Å². The number of nitrogens with one attached hydrogen (secondary N) is 1. The number of hydrogen-bond donors (Lipinski definition) is 1. The highest BCUT2D eigenvalue weighted by atomic mass is 35.5. The summed E-state index contributed by atoms with van der Waals surface area (Å²) in [4.78, 5) is 22.1. The summed E-state index contributed by atoms with van der Waals surface area (Å²) in [5.41, 5.74) is 2.94. The highest BCUT2D eigenvalue weighted by Crippen LogP contribution is 2.31. The van der Waals surface area contributed by atoms with Gasteiger partial charge in [-0.2, -0.15) is 0 Å². The molecule has 102 valence electrons. The first kappa shape index (κ1) is 12.9. The first-order valence-electron chi connectivity index (χ1n) is 6.28. The monoisotopic (exact) mass is 287 g/mol. The zero-order chi connectivity index (χ0) is 14.4. The Balaban J connectivity index is 2.57. The van der Waals surface area contributed by atoms with E-state index in [9.17, 15) is 4.79 Å². The second-order valence-electron chi connectivity index (χ2n) is 5.02. The molecule has 0 fully saturated rings. The molecule has 0 aliphatic heterocycles. The minimum absolute atomic E-state index is 0.0268. The van der Waals surface area contributed by atoms with Crippen LogP contribution in [0.1, 0.15) is 5.69 Å². The number of hydrogen-bond acceptors (Lipinski definition) is 3. The van der Waals surface area contributed by atoms with Gasteiger partial charge >= 0.3 is 0 Å². The van der Waals surface area contributed by atoms with E-state index in [2.05, 4.69) is 9.97 Å². The van der Waals surface area contributed by atoms with Crippen molar-refractivity contribution in [3.8, 4) is 0 Å². The highest BCUT2D eigenvalue weighted by molar-refractivity contribution is 6.34. The Morgan fingerprint density at radius 1 is 1.15 bits per heavy atom. The molecule has 3 rings (SSSR count). The van der Waals surface area contributed by atoms with E-state index in [-0.39, 0.29) is 5.43 Å². The fourth-order valence-corrected chi connectivity index (χ4v) is 2.74. The molecule has 2 heterocycles. The van der Waals surface area contributed by atoms with Crippen molar-refractivity contribution >= 4 is 39.2 Å². The normalized spacial score (nSPS) is 11.2. The molecule has 0 unspecified atom stereocenters. The lowest BCUT2D eigenvalue weighted by atomic mass is 10.1. The standard InChI is InChI=1S/C15H14ClN3O/c1-8-4-5-10-14(20)9-6-7-11(16)13(19(2)3)12(9)18-15(10)17-8/h4-7H,1-3H3,(H,17,18,20). The Hall–Kier alpha value is -2.07. The van der Waals surface area contributed by atoms with E-state index in [1.54, 1.807) is 18.2 Å². The van der Waals surface area contributed by atoms with E-state index < -0.39 is 0 Å². The minimum Gasteiger partial charge on any atom is -0.375 e. The molecule has 1 aromatic carbocycles. The molecule has 0 atom stereocenters. The lowest BCUT2D eigenvalue weighted by Crippen LogP contribution is -2.13. The van der Waals surface area contributed by atoms with Crippen LogP contribution in [0.2, 0.25) is 5.02 Å². The average Bonchev–Trinajstić information content (AvgIpc) is 2.37. The zero-order valence-corrected chi connectivity index (χ0v) is 12.2. The van der Waals surface area contributed by atoms with Crippen molar-refractivity contribution in [2.24, 2.45) is 0 Å². The van der Waals surface area contributed by atoms with Crippen molar-refractivity contribution in [3.63, 3.8) is 0 Å². The zero-order valence-electron chi connectivity index (χ0n) is 11.5. The van der Waals surface area contributed by atoms with E-state index in [0.29, 0.717) is 21.4 Å². The van der Waals surface area contributed by atoms with Crippen LogP contribution < -0.4 is 10.3 Å². The molecule has 3 aromatic rings. The molecule has 0 saturated heterocycles. The summed E-state index contributed by atoms with van der Waals surface area (Å²) in [5.74, 6) is 0. The summed E-state index contributed by atoms with van der Waals surface area (Å²) in [6.07, 6.45) is 0. The van der Waals surface area contributed by atoms with Crippen LogP contribution in [0.5, 0.6) is 0 Å². The van der Waals surface area contributed by atoms with Gasteiger partial charge in [-0.05, 0) is 31.2 Å². The molecule has 0 radical (unpaired) electrons. The van der Waals surface area contributed by atoms with Gasteiger partial charge in [0.2, 0.25) is 0 Å². The van der Waals surface area contributed by atoms with Crippen LogP contribution in [0, 0.1) is 6.92 Å². The summed E-state index contributed by atoms with van der Waals surface area (Å²) < 4.78 is 0.